The number of hydrogen-bond donors (Lipinski definition) is 0. The second kappa shape index (κ2) is 9.55. The molecule has 0 aliphatic rings. The van der Waals surface area contributed by atoms with Crippen LogP contribution < -0.4 is 9.13 Å². The van der Waals surface area contributed by atoms with E-state index in [0.29, 0.717) is 0 Å². The Morgan fingerprint density at radius 2 is 1.14 bits per heavy atom. The molecule has 0 N–H and O–H groups in total. The summed E-state index contributed by atoms with van der Waals surface area (Å²) in [5.74, 6) is 1.29. The summed E-state index contributed by atoms with van der Waals surface area (Å²) >= 11 is 0. The first kappa shape index (κ1) is 32.9. The van der Waals surface area contributed by atoms with Gasteiger partial charge in [0.25, 0.3) is 5.82 Å². The number of hydrogen-bond acceptors (Lipinski definition) is 0. The zero-order chi connectivity index (χ0) is 29.1. The summed E-state index contributed by atoms with van der Waals surface area (Å²) in [5.41, 5.74) is 3.90. The third-order valence-corrected chi connectivity index (χ3v) is 4.58. The molecule has 3 rings (SSSR count). The molecule has 2 heterocycles. The van der Waals surface area contributed by atoms with Gasteiger partial charge in [-0.1, -0.05) is 31.9 Å². The monoisotopic (exact) mass is 599 g/mol. The van der Waals surface area contributed by atoms with E-state index < -0.39 is 15.6 Å². The number of aryl methyl sites for hydroxylation is 3. The van der Waals surface area contributed by atoms with Crippen LogP contribution in [0, 0.1) is 0 Å². The van der Waals surface area contributed by atoms with E-state index in [9.17, 15) is 50.4 Å². The molecule has 0 atom stereocenters. The molecular formula is C20H27F12N3P2. The number of aromatic nitrogens is 3. The van der Waals surface area contributed by atoms with Crippen molar-refractivity contribution in [1.82, 2.24) is 4.57 Å². The Kier molecular flexibility index (Phi) is 8.49. The fourth-order valence-corrected chi connectivity index (χ4v) is 3.31. The third-order valence-electron chi connectivity index (χ3n) is 4.58. The van der Waals surface area contributed by atoms with Crippen LogP contribution in [0.25, 0.3) is 22.4 Å². The van der Waals surface area contributed by atoms with Crippen molar-refractivity contribution >= 4 is 26.7 Å². The molecule has 3 aromatic rings. The number of unbranched alkanes of at least 4 members (excludes halogenated alkanes) is 3. The summed E-state index contributed by atoms with van der Waals surface area (Å²) < 4.78 is 125. The maximum absolute atomic E-state index is 10.7. The fourth-order valence-electron chi connectivity index (χ4n) is 3.31. The van der Waals surface area contributed by atoms with Gasteiger partial charge in [0.1, 0.15) is 7.05 Å². The molecule has 1 aromatic carbocycles. The predicted molar refractivity (Wildman–Crippen MR) is 121 cm³/mol. The van der Waals surface area contributed by atoms with Crippen molar-refractivity contribution < 1.29 is 59.5 Å². The number of imidazole rings is 1. The molecule has 17 heteroatoms. The standard InChI is InChI=1S/C20H27N3.2F6P/c1-4-5-6-9-14-23-19-11-8-7-10-18(19)22(3)20(23)17-12-15-21(2)16-13-17;2*1-7(2,3,4,5)6/h7-8,10-13,15-16H,4-6,9,14H2,1-3H3;;/q+2;2*-1. The summed E-state index contributed by atoms with van der Waals surface area (Å²) in [5, 5.41) is 0. The minimum atomic E-state index is -10.7. The maximum atomic E-state index is 9.87. The van der Waals surface area contributed by atoms with Crippen molar-refractivity contribution in [3.05, 3.63) is 48.8 Å². The van der Waals surface area contributed by atoms with Crippen molar-refractivity contribution in [2.75, 3.05) is 0 Å². The van der Waals surface area contributed by atoms with E-state index in [2.05, 4.69) is 83.5 Å². The summed E-state index contributed by atoms with van der Waals surface area (Å²) in [6.07, 6.45) is 9.38. The van der Waals surface area contributed by atoms with Crippen LogP contribution in [0.3, 0.4) is 0 Å². The van der Waals surface area contributed by atoms with E-state index in [1.165, 1.54) is 48.1 Å². The molecule has 37 heavy (non-hydrogen) atoms. The molecular weight excluding hydrogens is 572 g/mol. The second-order valence-electron chi connectivity index (χ2n) is 8.25. The molecule has 0 saturated carbocycles. The van der Waals surface area contributed by atoms with Gasteiger partial charge in [-0.3, -0.25) is 0 Å². The Hall–Kier alpha value is -2.14. The van der Waals surface area contributed by atoms with Gasteiger partial charge < -0.3 is 0 Å². The van der Waals surface area contributed by atoms with E-state index in [1.54, 1.807) is 0 Å². The first-order chi connectivity index (χ1) is 16.1. The van der Waals surface area contributed by atoms with E-state index in [1.807, 2.05) is 0 Å². The van der Waals surface area contributed by atoms with Gasteiger partial charge in [-0.15, -0.1) is 0 Å². The van der Waals surface area contributed by atoms with Crippen LogP contribution in [-0.4, -0.2) is 4.57 Å². The van der Waals surface area contributed by atoms with Crippen molar-refractivity contribution in [3.63, 3.8) is 0 Å². The van der Waals surface area contributed by atoms with Crippen molar-refractivity contribution in [2.24, 2.45) is 14.1 Å². The Balaban J connectivity index is 0.000000404. The fraction of sp³-hybridized carbons (Fsp3) is 0.400. The average Bonchev–Trinajstić information content (AvgIpc) is 2.93. The molecule has 0 aliphatic carbocycles. The zero-order valence-electron chi connectivity index (χ0n) is 19.9. The Morgan fingerprint density at radius 3 is 1.59 bits per heavy atom. The number of fused-ring (bicyclic) bond motifs is 1. The molecule has 216 valence electrons. The molecule has 2 aromatic heterocycles. The van der Waals surface area contributed by atoms with E-state index >= 15 is 0 Å². The van der Waals surface area contributed by atoms with Crippen LogP contribution in [0.2, 0.25) is 0 Å². The molecule has 3 nitrogen and oxygen atoms in total. The quantitative estimate of drug-likeness (QED) is 0.116. The first-order valence-corrected chi connectivity index (χ1v) is 14.7. The molecule has 0 bridgehead atoms. The number of benzene rings is 1. The van der Waals surface area contributed by atoms with Crippen LogP contribution in [-0.2, 0) is 20.6 Å². The van der Waals surface area contributed by atoms with Crippen LogP contribution in [0.15, 0.2) is 48.8 Å². The Morgan fingerprint density at radius 1 is 0.676 bits per heavy atom. The van der Waals surface area contributed by atoms with E-state index in [4.69, 9.17) is 0 Å². The van der Waals surface area contributed by atoms with Crippen molar-refractivity contribution in [1.29, 1.82) is 0 Å². The third kappa shape index (κ3) is 17.1. The Bertz CT molecular complexity index is 1150. The normalized spacial score (nSPS) is 15.8. The van der Waals surface area contributed by atoms with E-state index in [0.717, 1.165) is 6.54 Å². The summed E-state index contributed by atoms with van der Waals surface area (Å²) in [7, 11) is -17.1. The summed E-state index contributed by atoms with van der Waals surface area (Å²) in [4.78, 5) is 0. The topological polar surface area (TPSA) is 12.7 Å². The molecule has 0 fully saturated rings. The first-order valence-electron chi connectivity index (χ1n) is 10.7. The summed E-state index contributed by atoms with van der Waals surface area (Å²) in [6.45, 7) is 3.35. The van der Waals surface area contributed by atoms with Crippen LogP contribution >= 0.6 is 15.6 Å². The second-order valence-corrected chi connectivity index (χ2v) is 12.1. The number of para-hydroxylation sites is 2. The van der Waals surface area contributed by atoms with Crippen LogP contribution in [0.5, 0.6) is 0 Å². The summed E-state index contributed by atoms with van der Waals surface area (Å²) in [6, 6.07) is 13.1. The van der Waals surface area contributed by atoms with Gasteiger partial charge in [0.05, 0.1) is 19.2 Å². The van der Waals surface area contributed by atoms with Gasteiger partial charge in [-0.25, -0.2) is 13.7 Å². The molecule has 0 unspecified atom stereocenters. The number of nitrogens with zero attached hydrogens (tertiary/aromatic N) is 3. The van der Waals surface area contributed by atoms with Gasteiger partial charge in [0.2, 0.25) is 0 Å². The molecule has 0 amide bonds. The van der Waals surface area contributed by atoms with Gasteiger partial charge in [-0.05, 0) is 25.0 Å². The van der Waals surface area contributed by atoms with Crippen LogP contribution in [0.4, 0.5) is 50.4 Å². The number of pyridine rings is 1. The molecule has 0 radical (unpaired) electrons. The zero-order valence-corrected chi connectivity index (χ0v) is 21.7. The van der Waals surface area contributed by atoms with Gasteiger partial charge >= 0.3 is 66.0 Å². The predicted octanol–water partition coefficient (Wildman–Crippen LogP) is 10.3. The molecule has 0 aliphatic heterocycles. The van der Waals surface area contributed by atoms with Crippen molar-refractivity contribution in [3.8, 4) is 11.4 Å². The van der Waals surface area contributed by atoms with Gasteiger partial charge in [0.15, 0.2) is 23.4 Å². The van der Waals surface area contributed by atoms with Crippen LogP contribution in [0.1, 0.15) is 32.6 Å². The molecule has 0 saturated heterocycles. The molecule has 0 spiro atoms. The van der Waals surface area contributed by atoms with Crippen molar-refractivity contribution in [2.45, 2.75) is 39.2 Å². The number of halogens is 12. The number of rotatable bonds is 6. The average molecular weight is 599 g/mol. The Labute approximate surface area is 204 Å². The van der Waals surface area contributed by atoms with Gasteiger partial charge in [0, 0.05) is 12.1 Å². The SMILES string of the molecule is CCCCCCn1c(-c2cc[n+](C)cc2)[n+](C)c2ccccc21.F[P-](F)(F)(F)(F)F.F[P-](F)(F)(F)(F)F. The minimum absolute atomic E-state index is 1.08. The van der Waals surface area contributed by atoms with Gasteiger partial charge in [-0.2, -0.15) is 0 Å². The van der Waals surface area contributed by atoms with E-state index in [-0.39, 0.29) is 0 Å².